The summed E-state index contributed by atoms with van der Waals surface area (Å²) in [5.41, 5.74) is 3.61. The fourth-order valence-electron chi connectivity index (χ4n) is 3.51. The zero-order valence-electron chi connectivity index (χ0n) is 19.5. The van der Waals surface area contributed by atoms with Crippen molar-refractivity contribution in [1.82, 2.24) is 0 Å². The number of aryl methyl sites for hydroxylation is 1. The number of carbonyl (C=O) groups is 3. The third-order valence-corrected chi connectivity index (χ3v) is 6.91. The molecule has 4 aromatic rings. The molecule has 0 spiro atoms. The van der Waals surface area contributed by atoms with Crippen LogP contribution in [-0.2, 0) is 16.0 Å². The second-order valence-corrected chi connectivity index (χ2v) is 10.6. The third kappa shape index (κ3) is 6.87. The van der Waals surface area contributed by atoms with Gasteiger partial charge in [-0.05, 0) is 64.8 Å². The van der Waals surface area contributed by atoms with Crippen LogP contribution in [-0.4, -0.2) is 17.6 Å². The van der Waals surface area contributed by atoms with E-state index in [9.17, 15) is 14.4 Å². The van der Waals surface area contributed by atoms with E-state index in [0.717, 1.165) is 19.8 Å². The van der Waals surface area contributed by atoms with Crippen molar-refractivity contribution in [1.29, 1.82) is 0 Å². The first-order chi connectivity index (χ1) is 17.4. The molecule has 0 radical (unpaired) electrons. The Morgan fingerprint density at radius 3 is 2.33 bits per heavy atom. The van der Waals surface area contributed by atoms with E-state index in [0.29, 0.717) is 22.5 Å². The number of benzene rings is 3. The van der Waals surface area contributed by atoms with Crippen LogP contribution < -0.4 is 10.6 Å². The molecule has 36 heavy (non-hydrogen) atoms. The summed E-state index contributed by atoms with van der Waals surface area (Å²) in [6, 6.07) is 25.3. The lowest BCUT2D eigenvalue weighted by molar-refractivity contribution is -0.115. The summed E-state index contributed by atoms with van der Waals surface area (Å²) in [6.45, 7) is 1.99. The van der Waals surface area contributed by atoms with Gasteiger partial charge in [0.2, 0.25) is 11.8 Å². The average Bonchev–Trinajstić information content (AvgIpc) is 3.30. The monoisotopic (exact) mass is 558 g/mol. The zero-order chi connectivity index (χ0) is 25.5. The van der Waals surface area contributed by atoms with Gasteiger partial charge in [-0.2, -0.15) is 0 Å². The third-order valence-electron chi connectivity index (χ3n) is 5.32. The highest BCUT2D eigenvalue weighted by Crippen LogP contribution is 2.25. The average molecular weight is 559 g/mol. The molecule has 1 heterocycles. The van der Waals surface area contributed by atoms with Crippen LogP contribution >= 0.6 is 27.3 Å². The van der Waals surface area contributed by atoms with Crippen LogP contribution in [0.4, 0.5) is 11.4 Å². The maximum atomic E-state index is 13.3. The first kappa shape index (κ1) is 25.3. The van der Waals surface area contributed by atoms with Crippen LogP contribution in [0.15, 0.2) is 94.8 Å². The van der Waals surface area contributed by atoms with Crippen LogP contribution in [0.3, 0.4) is 0 Å². The Kier molecular flexibility index (Phi) is 8.25. The van der Waals surface area contributed by atoms with Crippen LogP contribution in [0.1, 0.15) is 31.9 Å². The van der Waals surface area contributed by atoms with Crippen molar-refractivity contribution in [3.05, 3.63) is 122 Å². The van der Waals surface area contributed by atoms with Crippen LogP contribution in [0, 0.1) is 6.92 Å². The van der Waals surface area contributed by atoms with Crippen molar-refractivity contribution in [3.8, 4) is 0 Å². The van der Waals surface area contributed by atoms with Crippen molar-refractivity contribution in [2.45, 2.75) is 13.3 Å². The van der Waals surface area contributed by atoms with Gasteiger partial charge in [-0.3, -0.25) is 14.4 Å². The van der Waals surface area contributed by atoms with Crippen LogP contribution in [0.5, 0.6) is 0 Å². The largest absolute Gasteiger partial charge is 0.325 e. The molecule has 2 amide bonds. The summed E-state index contributed by atoms with van der Waals surface area (Å²) in [7, 11) is 0. The number of halogens is 1. The molecule has 1 aromatic heterocycles. The van der Waals surface area contributed by atoms with Gasteiger partial charge in [0.1, 0.15) is 0 Å². The molecule has 0 saturated heterocycles. The predicted octanol–water partition coefficient (Wildman–Crippen LogP) is 6.88. The molecule has 0 unspecified atom stereocenters. The smallest absolute Gasteiger partial charge is 0.248 e. The van der Waals surface area contributed by atoms with Gasteiger partial charge in [-0.15, -0.1) is 11.3 Å². The van der Waals surface area contributed by atoms with E-state index in [1.54, 1.807) is 48.5 Å². The second kappa shape index (κ2) is 11.7. The first-order valence-corrected chi connectivity index (χ1v) is 12.8. The number of hydrogen-bond donors (Lipinski definition) is 2. The molecule has 0 aliphatic carbocycles. The highest BCUT2D eigenvalue weighted by atomic mass is 79.9. The van der Waals surface area contributed by atoms with E-state index in [4.69, 9.17) is 0 Å². The summed E-state index contributed by atoms with van der Waals surface area (Å²) >= 11 is 4.91. The standard InChI is InChI=1S/C29H23BrN2O3S/c1-19-7-9-20(10-8-19)17-28(34)32-25-14-11-22(18-24(25)29(35)21-5-3-2-4-6-21)31-27(33)16-13-23-12-15-26(30)36-23/h2-16,18H,17H2,1H3,(H,31,33)(H,32,34)/b16-13+. The maximum absolute atomic E-state index is 13.3. The van der Waals surface area contributed by atoms with Crippen molar-refractivity contribution >= 4 is 62.3 Å². The number of amides is 2. The quantitative estimate of drug-likeness (QED) is 0.183. The Labute approximate surface area is 222 Å². The van der Waals surface area contributed by atoms with Gasteiger partial charge in [0, 0.05) is 27.8 Å². The lowest BCUT2D eigenvalue weighted by Gasteiger charge is -2.13. The topological polar surface area (TPSA) is 75.3 Å². The predicted molar refractivity (Wildman–Crippen MR) is 150 cm³/mol. The number of nitrogens with one attached hydrogen (secondary N) is 2. The lowest BCUT2D eigenvalue weighted by atomic mass is 10.0. The second-order valence-electron chi connectivity index (χ2n) is 8.13. The molecule has 2 N–H and O–H groups in total. The van der Waals surface area contributed by atoms with Crippen molar-refractivity contribution in [3.63, 3.8) is 0 Å². The van der Waals surface area contributed by atoms with Gasteiger partial charge in [0.15, 0.2) is 5.78 Å². The van der Waals surface area contributed by atoms with Crippen molar-refractivity contribution in [2.24, 2.45) is 0 Å². The number of anilines is 2. The van der Waals surface area contributed by atoms with Gasteiger partial charge >= 0.3 is 0 Å². The molecular formula is C29H23BrN2O3S. The van der Waals surface area contributed by atoms with Gasteiger partial charge in [-0.1, -0.05) is 60.2 Å². The molecule has 0 atom stereocenters. The van der Waals surface area contributed by atoms with E-state index in [1.165, 1.54) is 17.4 Å². The van der Waals surface area contributed by atoms with E-state index in [1.807, 2.05) is 49.4 Å². The fraction of sp³-hybridized carbons (Fsp3) is 0.0690. The molecular weight excluding hydrogens is 536 g/mol. The minimum Gasteiger partial charge on any atom is -0.325 e. The summed E-state index contributed by atoms with van der Waals surface area (Å²) in [5.74, 6) is -0.812. The lowest BCUT2D eigenvalue weighted by Crippen LogP contribution is -2.18. The van der Waals surface area contributed by atoms with E-state index in [-0.39, 0.29) is 24.0 Å². The van der Waals surface area contributed by atoms with Crippen LogP contribution in [0.25, 0.3) is 6.08 Å². The minimum atomic E-state index is -0.325. The minimum absolute atomic E-state index is 0.182. The number of thiophene rings is 1. The van der Waals surface area contributed by atoms with Gasteiger partial charge < -0.3 is 10.6 Å². The van der Waals surface area contributed by atoms with E-state index < -0.39 is 0 Å². The van der Waals surface area contributed by atoms with E-state index in [2.05, 4.69) is 26.6 Å². The number of ketones is 1. The Morgan fingerprint density at radius 1 is 0.889 bits per heavy atom. The summed E-state index contributed by atoms with van der Waals surface area (Å²) in [6.07, 6.45) is 3.34. The number of hydrogen-bond acceptors (Lipinski definition) is 4. The van der Waals surface area contributed by atoms with Crippen molar-refractivity contribution in [2.75, 3.05) is 10.6 Å². The SMILES string of the molecule is Cc1ccc(CC(=O)Nc2ccc(NC(=O)/C=C/c3ccc(Br)s3)cc2C(=O)c2ccccc2)cc1. The number of carbonyl (C=O) groups excluding carboxylic acids is 3. The molecule has 0 aliphatic rings. The maximum Gasteiger partial charge on any atom is 0.248 e. The molecule has 7 heteroatoms. The summed E-state index contributed by atoms with van der Waals surface area (Å²) < 4.78 is 0.978. The molecule has 3 aromatic carbocycles. The molecule has 5 nitrogen and oxygen atoms in total. The molecule has 0 saturated carbocycles. The Bertz CT molecular complexity index is 1430. The fourth-order valence-corrected chi connectivity index (χ4v) is 4.84. The molecule has 0 fully saturated rings. The molecule has 0 bridgehead atoms. The zero-order valence-corrected chi connectivity index (χ0v) is 21.9. The normalized spacial score (nSPS) is 10.8. The Morgan fingerprint density at radius 2 is 1.64 bits per heavy atom. The highest BCUT2D eigenvalue weighted by molar-refractivity contribution is 9.11. The number of rotatable bonds is 8. The van der Waals surface area contributed by atoms with Crippen LogP contribution in [0.2, 0.25) is 0 Å². The van der Waals surface area contributed by atoms with Gasteiger partial charge in [0.05, 0.1) is 15.9 Å². The van der Waals surface area contributed by atoms with Gasteiger partial charge in [-0.25, -0.2) is 0 Å². The van der Waals surface area contributed by atoms with Gasteiger partial charge in [0.25, 0.3) is 0 Å². The van der Waals surface area contributed by atoms with E-state index >= 15 is 0 Å². The molecule has 180 valence electrons. The Balaban J connectivity index is 1.55. The summed E-state index contributed by atoms with van der Waals surface area (Å²) in [5, 5.41) is 5.66. The first-order valence-electron chi connectivity index (χ1n) is 11.2. The highest BCUT2D eigenvalue weighted by Gasteiger charge is 2.17. The summed E-state index contributed by atoms with van der Waals surface area (Å²) in [4.78, 5) is 39.5. The Hall–Kier alpha value is -3.81. The molecule has 4 rings (SSSR count). The molecule has 0 aliphatic heterocycles. The van der Waals surface area contributed by atoms with Crippen molar-refractivity contribution < 1.29 is 14.4 Å².